The number of hydrogen-bond donors (Lipinski definition) is 0. The molecule has 2 atom stereocenters. The van der Waals surface area contributed by atoms with Crippen LogP contribution in [-0.2, 0) is 34.5 Å². The van der Waals surface area contributed by atoms with Crippen LogP contribution in [0.2, 0.25) is 0 Å². The molecule has 6 nitrogen and oxygen atoms in total. The highest BCUT2D eigenvalue weighted by molar-refractivity contribution is 7.55. The van der Waals surface area contributed by atoms with Crippen LogP contribution < -0.4 is 0 Å². The number of hydrogen-bond acceptors (Lipinski definition) is 6. The number of ketones is 1. The molecule has 0 spiro atoms. The lowest BCUT2D eigenvalue weighted by molar-refractivity contribution is -0.141. The molecule has 7 heteroatoms. The van der Waals surface area contributed by atoms with Crippen molar-refractivity contribution in [1.82, 2.24) is 0 Å². The fourth-order valence-corrected chi connectivity index (χ4v) is 3.85. The summed E-state index contributed by atoms with van der Waals surface area (Å²) in [6.07, 6.45) is -0.759. The van der Waals surface area contributed by atoms with Crippen molar-refractivity contribution in [2.45, 2.75) is 46.1 Å². The molecule has 0 radical (unpaired) electrons. The van der Waals surface area contributed by atoms with Crippen molar-refractivity contribution >= 4 is 13.4 Å². The number of carbonyl (C=O) groups excluding carboxylic acids is 1. The highest BCUT2D eigenvalue weighted by Gasteiger charge is 2.39. The van der Waals surface area contributed by atoms with E-state index < -0.39 is 19.4 Å². The highest BCUT2D eigenvalue weighted by atomic mass is 31.2. The summed E-state index contributed by atoms with van der Waals surface area (Å²) in [4.78, 5) is 12.4. The maximum absolute atomic E-state index is 12.6. The van der Waals surface area contributed by atoms with Crippen LogP contribution in [0.15, 0.2) is 30.3 Å². The monoisotopic (exact) mass is 358 g/mol. The summed E-state index contributed by atoms with van der Waals surface area (Å²) in [6.45, 7) is 7.36. The molecule has 1 unspecified atom stereocenters. The zero-order chi connectivity index (χ0) is 18.0. The van der Waals surface area contributed by atoms with Gasteiger partial charge in [0.25, 0.3) is 0 Å². The Morgan fingerprint density at radius 3 is 2.21 bits per heavy atom. The minimum Gasteiger partial charge on any atom is -0.351 e. The zero-order valence-electron chi connectivity index (χ0n) is 14.8. The van der Waals surface area contributed by atoms with Crippen LogP contribution in [-0.4, -0.2) is 37.6 Å². The Bertz CT molecular complexity index is 523. The van der Waals surface area contributed by atoms with E-state index in [1.165, 1.54) is 0 Å². The first-order valence-corrected chi connectivity index (χ1v) is 9.71. The van der Waals surface area contributed by atoms with E-state index in [1.54, 1.807) is 27.7 Å². The van der Waals surface area contributed by atoms with E-state index in [1.807, 2.05) is 30.3 Å². The van der Waals surface area contributed by atoms with Crippen molar-refractivity contribution < 1.29 is 27.9 Å². The molecule has 1 aromatic carbocycles. The average molecular weight is 358 g/mol. The van der Waals surface area contributed by atoms with Gasteiger partial charge in [0.05, 0.1) is 19.8 Å². The van der Waals surface area contributed by atoms with Crippen molar-refractivity contribution in [1.29, 1.82) is 0 Å². The Morgan fingerprint density at radius 1 is 1.08 bits per heavy atom. The molecule has 0 aliphatic heterocycles. The Kier molecular flexibility index (Phi) is 9.41. The third-order valence-corrected chi connectivity index (χ3v) is 5.86. The number of benzene rings is 1. The lowest BCUT2D eigenvalue weighted by Crippen LogP contribution is -2.32. The van der Waals surface area contributed by atoms with Crippen LogP contribution in [0, 0.1) is 0 Å². The van der Waals surface area contributed by atoms with Crippen molar-refractivity contribution in [2.24, 2.45) is 0 Å². The first kappa shape index (κ1) is 21.0. The van der Waals surface area contributed by atoms with Crippen LogP contribution in [0.1, 0.15) is 33.3 Å². The molecule has 1 rings (SSSR count). The van der Waals surface area contributed by atoms with Crippen LogP contribution in [0.5, 0.6) is 0 Å². The van der Waals surface area contributed by atoms with Gasteiger partial charge in [-0.3, -0.25) is 9.36 Å². The molecule has 0 aromatic heterocycles. The summed E-state index contributed by atoms with van der Waals surface area (Å²) in [5, 5.41) is 0. The molecule has 1 aromatic rings. The van der Waals surface area contributed by atoms with E-state index in [-0.39, 0.29) is 25.8 Å². The first-order valence-electron chi connectivity index (χ1n) is 8.10. The van der Waals surface area contributed by atoms with E-state index in [0.717, 1.165) is 5.56 Å². The standard InChI is InChI=1S/C17H27O6P/c1-5-22-24(19,23-6-2)15(4)17(18)14(3)21-13-20-12-16-10-8-7-9-11-16/h7-11,14-15H,5-6,12-13H2,1-4H3/t14-,15?/m0/s1. The topological polar surface area (TPSA) is 71.1 Å². The van der Waals surface area contributed by atoms with Gasteiger partial charge in [0, 0.05) is 0 Å². The molecule has 136 valence electrons. The quantitative estimate of drug-likeness (QED) is 0.322. The van der Waals surface area contributed by atoms with E-state index in [9.17, 15) is 9.36 Å². The fraction of sp³-hybridized carbons (Fsp3) is 0.588. The fourth-order valence-electron chi connectivity index (χ4n) is 2.08. The molecular weight excluding hydrogens is 331 g/mol. The van der Waals surface area contributed by atoms with E-state index in [4.69, 9.17) is 18.5 Å². The molecule has 0 N–H and O–H groups in total. The van der Waals surface area contributed by atoms with Crippen LogP contribution in [0.3, 0.4) is 0 Å². The van der Waals surface area contributed by atoms with Gasteiger partial charge in [-0.15, -0.1) is 0 Å². The molecule has 0 aliphatic rings. The molecular formula is C17H27O6P. The smallest absolute Gasteiger partial charge is 0.340 e. The third kappa shape index (κ3) is 6.46. The number of carbonyl (C=O) groups is 1. The van der Waals surface area contributed by atoms with Gasteiger partial charge in [-0.05, 0) is 33.3 Å². The number of Topliss-reactive ketones (excluding diaryl/α,β-unsaturated/α-hetero) is 1. The predicted molar refractivity (Wildman–Crippen MR) is 92.0 cm³/mol. The number of ether oxygens (including phenoxy) is 2. The average Bonchev–Trinajstić information content (AvgIpc) is 2.58. The minimum atomic E-state index is -3.48. The van der Waals surface area contributed by atoms with Crippen molar-refractivity contribution in [3.8, 4) is 0 Å². The maximum Gasteiger partial charge on any atom is 0.340 e. The van der Waals surface area contributed by atoms with Crippen molar-refractivity contribution in [3.63, 3.8) is 0 Å². The lowest BCUT2D eigenvalue weighted by Gasteiger charge is -2.24. The van der Waals surface area contributed by atoms with Gasteiger partial charge >= 0.3 is 7.60 Å². The maximum atomic E-state index is 12.6. The highest BCUT2D eigenvalue weighted by Crippen LogP contribution is 2.53. The molecule has 0 fully saturated rings. The van der Waals surface area contributed by atoms with Crippen LogP contribution >= 0.6 is 7.60 Å². The molecule has 0 saturated carbocycles. The van der Waals surface area contributed by atoms with Crippen molar-refractivity contribution in [2.75, 3.05) is 20.0 Å². The SMILES string of the molecule is CCOP(=O)(OCC)C(C)C(=O)[C@H](C)OCOCc1ccccc1. The molecule has 0 aliphatic carbocycles. The summed E-state index contributed by atoms with van der Waals surface area (Å²) >= 11 is 0. The third-order valence-electron chi connectivity index (χ3n) is 3.42. The Morgan fingerprint density at radius 2 is 1.67 bits per heavy atom. The lowest BCUT2D eigenvalue weighted by atomic mass is 10.2. The summed E-state index contributed by atoms with van der Waals surface area (Å²) in [6, 6.07) is 9.66. The number of rotatable bonds is 12. The predicted octanol–water partition coefficient (Wildman–Crippen LogP) is 3.79. The molecule has 0 saturated heterocycles. The van der Waals surface area contributed by atoms with Gasteiger partial charge in [-0.1, -0.05) is 30.3 Å². The largest absolute Gasteiger partial charge is 0.351 e. The van der Waals surface area contributed by atoms with Gasteiger partial charge in [0.15, 0.2) is 5.78 Å². The van der Waals surface area contributed by atoms with E-state index in [0.29, 0.717) is 6.61 Å². The summed E-state index contributed by atoms with van der Waals surface area (Å²) in [5.41, 5.74) is 0.132. The molecule has 0 amide bonds. The summed E-state index contributed by atoms with van der Waals surface area (Å²) in [5.74, 6) is -0.330. The summed E-state index contributed by atoms with van der Waals surface area (Å²) < 4.78 is 33.8. The Hall–Kier alpha value is -1.04. The molecule has 24 heavy (non-hydrogen) atoms. The zero-order valence-corrected chi connectivity index (χ0v) is 15.7. The second kappa shape index (κ2) is 10.7. The molecule has 0 bridgehead atoms. The van der Waals surface area contributed by atoms with Crippen LogP contribution in [0.4, 0.5) is 0 Å². The van der Waals surface area contributed by atoms with E-state index in [2.05, 4.69) is 0 Å². The van der Waals surface area contributed by atoms with Gasteiger partial charge in [-0.25, -0.2) is 0 Å². The normalized spacial score (nSPS) is 14.3. The van der Waals surface area contributed by atoms with Gasteiger partial charge in [0.2, 0.25) is 0 Å². The second-order valence-corrected chi connectivity index (χ2v) is 7.59. The van der Waals surface area contributed by atoms with Gasteiger partial charge < -0.3 is 18.5 Å². The van der Waals surface area contributed by atoms with E-state index >= 15 is 0 Å². The Balaban J connectivity index is 2.46. The van der Waals surface area contributed by atoms with Crippen molar-refractivity contribution in [3.05, 3.63) is 35.9 Å². The first-order chi connectivity index (χ1) is 11.4. The van der Waals surface area contributed by atoms with Crippen LogP contribution in [0.25, 0.3) is 0 Å². The minimum absolute atomic E-state index is 0.0257. The second-order valence-electron chi connectivity index (χ2n) is 5.21. The van der Waals surface area contributed by atoms with Gasteiger partial charge in [0.1, 0.15) is 18.6 Å². The Labute approximate surface area is 144 Å². The molecule has 0 heterocycles. The van der Waals surface area contributed by atoms with Gasteiger partial charge in [-0.2, -0.15) is 0 Å². The summed E-state index contributed by atoms with van der Waals surface area (Å²) in [7, 11) is -3.48.